The Morgan fingerprint density at radius 1 is 1.43 bits per heavy atom. The molecule has 0 spiro atoms. The fraction of sp³-hybridized carbons (Fsp3) is 0.533. The van der Waals surface area contributed by atoms with Crippen molar-refractivity contribution in [1.29, 1.82) is 0 Å². The number of hydrogen-bond acceptors (Lipinski definition) is 4. The number of nitro benzene ring substituents is 1. The van der Waals surface area contributed by atoms with Crippen LogP contribution in [0.15, 0.2) is 18.2 Å². The first-order valence-corrected chi connectivity index (χ1v) is 7.27. The molecule has 1 N–H and O–H groups in total. The minimum atomic E-state index is -0.431. The van der Waals surface area contributed by atoms with Gasteiger partial charge in [0.1, 0.15) is 0 Å². The van der Waals surface area contributed by atoms with Gasteiger partial charge >= 0.3 is 0 Å². The summed E-state index contributed by atoms with van der Waals surface area (Å²) in [5, 5.41) is 14.4. The molecule has 1 aromatic rings. The first-order valence-electron chi connectivity index (χ1n) is 7.27. The highest BCUT2D eigenvalue weighted by Crippen LogP contribution is 2.34. The molecule has 112 valence electrons. The van der Waals surface area contributed by atoms with Crippen LogP contribution < -0.4 is 5.32 Å². The minimum Gasteiger partial charge on any atom is -0.331 e. The third-order valence-corrected chi connectivity index (χ3v) is 4.67. The SMILES string of the molecule is Cc1ccc(C(=O)N2C(C)CC3CNCC32)cc1[N+](=O)[O-]. The smallest absolute Gasteiger partial charge is 0.273 e. The summed E-state index contributed by atoms with van der Waals surface area (Å²) in [6, 6.07) is 5.15. The summed E-state index contributed by atoms with van der Waals surface area (Å²) in [6.45, 7) is 5.50. The van der Waals surface area contributed by atoms with Gasteiger partial charge in [0.15, 0.2) is 0 Å². The average Bonchev–Trinajstić information content (AvgIpc) is 2.98. The van der Waals surface area contributed by atoms with Crippen LogP contribution in [0.1, 0.15) is 29.3 Å². The Bertz CT molecular complexity index is 602. The molecule has 0 saturated carbocycles. The summed E-state index contributed by atoms with van der Waals surface area (Å²) in [7, 11) is 0. The maximum absolute atomic E-state index is 12.8. The topological polar surface area (TPSA) is 75.5 Å². The molecule has 2 saturated heterocycles. The number of nitrogens with zero attached hydrogens (tertiary/aromatic N) is 2. The molecule has 3 unspecified atom stereocenters. The molecule has 2 aliphatic heterocycles. The Morgan fingerprint density at radius 2 is 2.19 bits per heavy atom. The molecule has 3 rings (SSSR count). The van der Waals surface area contributed by atoms with Gasteiger partial charge in [-0.3, -0.25) is 14.9 Å². The molecule has 1 aromatic carbocycles. The highest BCUT2D eigenvalue weighted by molar-refractivity contribution is 5.95. The molecule has 21 heavy (non-hydrogen) atoms. The van der Waals surface area contributed by atoms with Crippen molar-refractivity contribution in [2.75, 3.05) is 13.1 Å². The van der Waals surface area contributed by atoms with Crippen LogP contribution in [0.5, 0.6) is 0 Å². The lowest BCUT2D eigenvalue weighted by Gasteiger charge is -2.27. The Labute approximate surface area is 123 Å². The molecule has 6 nitrogen and oxygen atoms in total. The zero-order valence-electron chi connectivity index (χ0n) is 12.2. The lowest BCUT2D eigenvalue weighted by atomic mass is 10.0. The van der Waals surface area contributed by atoms with Gasteiger partial charge in [0.05, 0.1) is 4.92 Å². The van der Waals surface area contributed by atoms with Gasteiger partial charge in [-0.2, -0.15) is 0 Å². The maximum atomic E-state index is 12.8. The van der Waals surface area contributed by atoms with E-state index in [0.29, 0.717) is 17.0 Å². The normalized spacial score (nSPS) is 27.7. The van der Waals surface area contributed by atoms with Gasteiger partial charge < -0.3 is 10.2 Å². The van der Waals surface area contributed by atoms with Gasteiger partial charge in [0, 0.05) is 42.4 Å². The molecular formula is C15H19N3O3. The number of amides is 1. The molecule has 0 radical (unpaired) electrons. The van der Waals surface area contributed by atoms with Crippen LogP contribution >= 0.6 is 0 Å². The third kappa shape index (κ3) is 2.29. The van der Waals surface area contributed by atoms with E-state index >= 15 is 0 Å². The Morgan fingerprint density at radius 3 is 2.90 bits per heavy atom. The number of rotatable bonds is 2. The second kappa shape index (κ2) is 5.11. The van der Waals surface area contributed by atoms with Gasteiger partial charge in [-0.25, -0.2) is 0 Å². The van der Waals surface area contributed by atoms with Crippen LogP contribution in [0.4, 0.5) is 5.69 Å². The number of likely N-dealkylation sites (tertiary alicyclic amines) is 1. The fourth-order valence-corrected chi connectivity index (χ4v) is 3.60. The van der Waals surface area contributed by atoms with Crippen molar-refractivity contribution in [3.63, 3.8) is 0 Å². The van der Waals surface area contributed by atoms with Crippen LogP contribution in [0.3, 0.4) is 0 Å². The Balaban J connectivity index is 1.91. The number of nitro groups is 1. The molecule has 3 atom stereocenters. The van der Waals surface area contributed by atoms with Gasteiger partial charge in [-0.15, -0.1) is 0 Å². The number of aryl methyl sites for hydroxylation is 1. The van der Waals surface area contributed by atoms with Crippen LogP contribution in [0.25, 0.3) is 0 Å². The molecule has 1 amide bonds. The number of hydrogen-bond donors (Lipinski definition) is 1. The van der Waals surface area contributed by atoms with Crippen molar-refractivity contribution in [3.8, 4) is 0 Å². The van der Waals surface area contributed by atoms with E-state index in [9.17, 15) is 14.9 Å². The first-order chi connectivity index (χ1) is 9.99. The molecule has 2 aliphatic rings. The van der Waals surface area contributed by atoms with Crippen LogP contribution in [0.2, 0.25) is 0 Å². The minimum absolute atomic E-state index is 0.00815. The number of carbonyl (C=O) groups is 1. The average molecular weight is 289 g/mol. The lowest BCUT2D eigenvalue weighted by molar-refractivity contribution is -0.385. The second-order valence-electron chi connectivity index (χ2n) is 6.04. The summed E-state index contributed by atoms with van der Waals surface area (Å²) >= 11 is 0. The van der Waals surface area contributed by atoms with E-state index in [1.54, 1.807) is 19.1 Å². The van der Waals surface area contributed by atoms with E-state index in [2.05, 4.69) is 12.2 Å². The highest BCUT2D eigenvalue weighted by atomic mass is 16.6. The number of carbonyl (C=O) groups excluding carboxylic acids is 1. The van der Waals surface area contributed by atoms with Gasteiger partial charge in [0.2, 0.25) is 0 Å². The summed E-state index contributed by atoms with van der Waals surface area (Å²) < 4.78 is 0. The predicted molar refractivity (Wildman–Crippen MR) is 78.2 cm³/mol. The maximum Gasteiger partial charge on any atom is 0.273 e. The van der Waals surface area contributed by atoms with Gasteiger partial charge in [-0.1, -0.05) is 6.07 Å². The highest BCUT2D eigenvalue weighted by Gasteiger charge is 2.44. The van der Waals surface area contributed by atoms with Crippen molar-refractivity contribution < 1.29 is 9.72 Å². The number of fused-ring (bicyclic) bond motifs is 1. The van der Waals surface area contributed by atoms with Crippen LogP contribution in [-0.4, -0.2) is 40.9 Å². The van der Waals surface area contributed by atoms with Crippen molar-refractivity contribution in [1.82, 2.24) is 10.2 Å². The van der Waals surface area contributed by atoms with E-state index in [4.69, 9.17) is 0 Å². The van der Waals surface area contributed by atoms with Crippen molar-refractivity contribution in [2.24, 2.45) is 5.92 Å². The molecule has 0 bridgehead atoms. The largest absolute Gasteiger partial charge is 0.331 e. The Kier molecular flexibility index (Phi) is 3.41. The van der Waals surface area contributed by atoms with E-state index in [-0.39, 0.29) is 23.7 Å². The molecular weight excluding hydrogens is 270 g/mol. The molecule has 6 heteroatoms. The number of benzene rings is 1. The zero-order valence-corrected chi connectivity index (χ0v) is 12.2. The number of nitrogens with one attached hydrogen (secondary N) is 1. The zero-order chi connectivity index (χ0) is 15.1. The van der Waals surface area contributed by atoms with E-state index in [0.717, 1.165) is 19.5 Å². The van der Waals surface area contributed by atoms with Crippen molar-refractivity contribution >= 4 is 11.6 Å². The third-order valence-electron chi connectivity index (χ3n) is 4.67. The van der Waals surface area contributed by atoms with Gasteiger partial charge in [-0.05, 0) is 32.3 Å². The Hall–Kier alpha value is -1.95. The van der Waals surface area contributed by atoms with Crippen LogP contribution in [0, 0.1) is 23.0 Å². The summed E-state index contributed by atoms with van der Waals surface area (Å²) in [4.78, 5) is 25.3. The standard InChI is InChI=1S/C15H19N3O3/c1-9-3-4-11(6-13(9)18(20)21)15(19)17-10(2)5-12-7-16-8-14(12)17/h3-4,6,10,12,14,16H,5,7-8H2,1-2H3. The van der Waals surface area contributed by atoms with Crippen LogP contribution in [-0.2, 0) is 0 Å². The molecule has 0 aliphatic carbocycles. The molecule has 2 heterocycles. The van der Waals surface area contributed by atoms with E-state index in [1.165, 1.54) is 6.07 Å². The molecule has 0 aromatic heterocycles. The summed E-state index contributed by atoms with van der Waals surface area (Å²) in [6.07, 6.45) is 0.997. The van der Waals surface area contributed by atoms with Gasteiger partial charge in [0.25, 0.3) is 11.6 Å². The van der Waals surface area contributed by atoms with E-state index < -0.39 is 4.92 Å². The lowest BCUT2D eigenvalue weighted by Crippen LogP contribution is -2.42. The van der Waals surface area contributed by atoms with E-state index in [1.807, 2.05) is 4.90 Å². The first kappa shape index (κ1) is 14.0. The fourth-order valence-electron chi connectivity index (χ4n) is 3.60. The van der Waals surface area contributed by atoms with Crippen molar-refractivity contribution in [3.05, 3.63) is 39.4 Å². The monoisotopic (exact) mass is 289 g/mol. The quantitative estimate of drug-likeness (QED) is 0.664. The summed E-state index contributed by atoms with van der Waals surface area (Å²) in [5.41, 5.74) is 0.993. The predicted octanol–water partition coefficient (Wildman–Crippen LogP) is 1.73. The van der Waals surface area contributed by atoms with Crippen molar-refractivity contribution in [2.45, 2.75) is 32.4 Å². The summed E-state index contributed by atoms with van der Waals surface area (Å²) in [5.74, 6) is 0.409. The second-order valence-corrected chi connectivity index (χ2v) is 6.04. The molecule has 2 fully saturated rings.